The summed E-state index contributed by atoms with van der Waals surface area (Å²) in [7, 11) is 0. The number of hydrogen-bond acceptors (Lipinski definition) is 2. The lowest BCUT2D eigenvalue weighted by molar-refractivity contribution is 0.338. The van der Waals surface area contributed by atoms with Gasteiger partial charge < -0.3 is 5.73 Å². The molecule has 0 spiro atoms. The molecule has 0 saturated heterocycles. The van der Waals surface area contributed by atoms with Crippen LogP contribution in [0.15, 0.2) is 6.20 Å². The van der Waals surface area contributed by atoms with E-state index < -0.39 is 0 Å². The van der Waals surface area contributed by atoms with Crippen LogP contribution in [-0.2, 0) is 12.1 Å². The standard InChI is InChI=1S/C11H21N3/c1-8(2)10-9(6-12)7-13-14(10)11(3,4)5/h7-8H,6,12H2,1-5H3. The maximum absolute atomic E-state index is 5.69. The normalized spacial score (nSPS) is 12.5. The van der Waals surface area contributed by atoms with Crippen LogP contribution in [0, 0.1) is 0 Å². The molecule has 1 rings (SSSR count). The van der Waals surface area contributed by atoms with E-state index >= 15 is 0 Å². The minimum absolute atomic E-state index is 0.0347. The van der Waals surface area contributed by atoms with Gasteiger partial charge in [-0.1, -0.05) is 13.8 Å². The summed E-state index contributed by atoms with van der Waals surface area (Å²) in [5.41, 5.74) is 8.15. The van der Waals surface area contributed by atoms with Crippen molar-refractivity contribution < 1.29 is 0 Å². The van der Waals surface area contributed by atoms with E-state index in [1.165, 1.54) is 5.69 Å². The van der Waals surface area contributed by atoms with Crippen molar-refractivity contribution in [2.45, 2.75) is 52.6 Å². The van der Waals surface area contributed by atoms with Crippen LogP contribution in [0.2, 0.25) is 0 Å². The first-order chi connectivity index (χ1) is 6.38. The lowest BCUT2D eigenvalue weighted by Crippen LogP contribution is -2.26. The van der Waals surface area contributed by atoms with Crippen molar-refractivity contribution in [2.75, 3.05) is 0 Å². The summed E-state index contributed by atoms with van der Waals surface area (Å²) in [6.07, 6.45) is 1.89. The van der Waals surface area contributed by atoms with Crippen molar-refractivity contribution in [3.05, 3.63) is 17.5 Å². The van der Waals surface area contributed by atoms with Gasteiger partial charge in [0.15, 0.2) is 0 Å². The molecule has 0 bridgehead atoms. The van der Waals surface area contributed by atoms with Crippen LogP contribution in [0.25, 0.3) is 0 Å². The van der Waals surface area contributed by atoms with E-state index in [0.29, 0.717) is 12.5 Å². The van der Waals surface area contributed by atoms with Crippen molar-refractivity contribution in [3.8, 4) is 0 Å². The van der Waals surface area contributed by atoms with Crippen LogP contribution in [0.5, 0.6) is 0 Å². The molecular formula is C11H21N3. The summed E-state index contributed by atoms with van der Waals surface area (Å²) >= 11 is 0. The molecule has 0 radical (unpaired) electrons. The van der Waals surface area contributed by atoms with Crippen molar-refractivity contribution in [2.24, 2.45) is 5.73 Å². The third-order valence-corrected chi connectivity index (χ3v) is 2.29. The zero-order valence-corrected chi connectivity index (χ0v) is 9.83. The summed E-state index contributed by atoms with van der Waals surface area (Å²) in [4.78, 5) is 0. The van der Waals surface area contributed by atoms with E-state index in [0.717, 1.165) is 5.56 Å². The Morgan fingerprint density at radius 2 is 2.00 bits per heavy atom. The highest BCUT2D eigenvalue weighted by Gasteiger charge is 2.21. The largest absolute Gasteiger partial charge is 0.326 e. The molecule has 3 heteroatoms. The molecule has 3 nitrogen and oxygen atoms in total. The Bertz CT molecular complexity index is 305. The first-order valence-corrected chi connectivity index (χ1v) is 5.15. The Labute approximate surface area is 86.3 Å². The van der Waals surface area contributed by atoms with Gasteiger partial charge in [-0.25, -0.2) is 0 Å². The van der Waals surface area contributed by atoms with Crippen LogP contribution in [0.1, 0.15) is 51.8 Å². The SMILES string of the molecule is CC(C)c1c(CN)cnn1C(C)(C)C. The van der Waals surface area contributed by atoms with Gasteiger partial charge in [0.25, 0.3) is 0 Å². The molecule has 0 atom stereocenters. The first-order valence-electron chi connectivity index (χ1n) is 5.15. The number of hydrogen-bond donors (Lipinski definition) is 1. The Balaban J connectivity index is 3.25. The van der Waals surface area contributed by atoms with E-state index in [9.17, 15) is 0 Å². The number of nitrogens with zero attached hydrogens (tertiary/aromatic N) is 2. The predicted molar refractivity (Wildman–Crippen MR) is 59.2 cm³/mol. The van der Waals surface area contributed by atoms with Gasteiger partial charge in [0.2, 0.25) is 0 Å². The zero-order valence-electron chi connectivity index (χ0n) is 9.83. The molecule has 0 aliphatic carbocycles. The average molecular weight is 195 g/mol. The molecule has 0 unspecified atom stereocenters. The van der Waals surface area contributed by atoms with Gasteiger partial charge in [0.1, 0.15) is 0 Å². The fourth-order valence-electron chi connectivity index (χ4n) is 1.70. The van der Waals surface area contributed by atoms with Crippen LogP contribution >= 0.6 is 0 Å². The topological polar surface area (TPSA) is 43.8 Å². The summed E-state index contributed by atoms with van der Waals surface area (Å²) in [5, 5.41) is 4.42. The van der Waals surface area contributed by atoms with Crippen LogP contribution in [0.3, 0.4) is 0 Å². The van der Waals surface area contributed by atoms with Crippen LogP contribution in [-0.4, -0.2) is 9.78 Å². The molecule has 1 aromatic rings. The van der Waals surface area contributed by atoms with Crippen molar-refractivity contribution in [1.82, 2.24) is 9.78 Å². The molecule has 0 amide bonds. The fraction of sp³-hybridized carbons (Fsp3) is 0.727. The van der Waals surface area contributed by atoms with Crippen molar-refractivity contribution >= 4 is 0 Å². The highest BCUT2D eigenvalue weighted by molar-refractivity contribution is 5.21. The van der Waals surface area contributed by atoms with Crippen LogP contribution in [0.4, 0.5) is 0 Å². The molecule has 1 heterocycles. The Morgan fingerprint density at radius 3 is 2.36 bits per heavy atom. The predicted octanol–water partition coefficient (Wildman–Crippen LogP) is 2.22. The second-order valence-corrected chi connectivity index (χ2v) is 5.00. The second-order valence-electron chi connectivity index (χ2n) is 5.00. The number of aromatic nitrogens is 2. The van der Waals surface area contributed by atoms with E-state index in [2.05, 4.69) is 44.4 Å². The smallest absolute Gasteiger partial charge is 0.0546 e. The fourth-order valence-corrected chi connectivity index (χ4v) is 1.70. The molecule has 80 valence electrons. The molecule has 0 aromatic carbocycles. The van der Waals surface area contributed by atoms with Gasteiger partial charge in [-0.3, -0.25) is 4.68 Å². The molecule has 0 aliphatic heterocycles. The van der Waals surface area contributed by atoms with Crippen molar-refractivity contribution in [3.63, 3.8) is 0 Å². The molecule has 0 saturated carbocycles. The Kier molecular flexibility index (Phi) is 3.00. The third kappa shape index (κ3) is 1.98. The summed E-state index contributed by atoms with van der Waals surface area (Å²) < 4.78 is 2.08. The average Bonchev–Trinajstić information content (AvgIpc) is 2.45. The second kappa shape index (κ2) is 3.73. The molecule has 0 fully saturated rings. The highest BCUT2D eigenvalue weighted by atomic mass is 15.3. The molecule has 2 N–H and O–H groups in total. The molecule has 1 aromatic heterocycles. The van der Waals surface area contributed by atoms with Gasteiger partial charge in [0.05, 0.1) is 11.7 Å². The minimum Gasteiger partial charge on any atom is -0.326 e. The maximum Gasteiger partial charge on any atom is 0.0546 e. The molecule has 14 heavy (non-hydrogen) atoms. The number of nitrogens with two attached hydrogens (primary N) is 1. The third-order valence-electron chi connectivity index (χ3n) is 2.29. The van der Waals surface area contributed by atoms with E-state index in [4.69, 9.17) is 5.73 Å². The quantitative estimate of drug-likeness (QED) is 0.786. The minimum atomic E-state index is 0.0347. The maximum atomic E-state index is 5.69. The lowest BCUT2D eigenvalue weighted by Gasteiger charge is -2.24. The zero-order chi connectivity index (χ0) is 10.9. The van der Waals surface area contributed by atoms with Gasteiger partial charge >= 0.3 is 0 Å². The van der Waals surface area contributed by atoms with Gasteiger partial charge in [-0.05, 0) is 26.7 Å². The first kappa shape index (κ1) is 11.2. The molecular weight excluding hydrogens is 174 g/mol. The summed E-state index contributed by atoms with van der Waals surface area (Å²) in [5.74, 6) is 0.468. The van der Waals surface area contributed by atoms with Gasteiger partial charge in [-0.15, -0.1) is 0 Å². The van der Waals surface area contributed by atoms with E-state index in [1.807, 2.05) is 6.20 Å². The molecule has 0 aliphatic rings. The van der Waals surface area contributed by atoms with Gasteiger partial charge in [-0.2, -0.15) is 5.10 Å². The number of rotatable bonds is 2. The van der Waals surface area contributed by atoms with Crippen molar-refractivity contribution in [1.29, 1.82) is 0 Å². The van der Waals surface area contributed by atoms with Gasteiger partial charge in [0, 0.05) is 17.8 Å². The van der Waals surface area contributed by atoms with Crippen LogP contribution < -0.4 is 5.73 Å². The monoisotopic (exact) mass is 195 g/mol. The Morgan fingerprint density at radius 1 is 1.43 bits per heavy atom. The Hall–Kier alpha value is -0.830. The summed E-state index contributed by atoms with van der Waals surface area (Å²) in [6.45, 7) is 11.4. The summed E-state index contributed by atoms with van der Waals surface area (Å²) in [6, 6.07) is 0. The highest BCUT2D eigenvalue weighted by Crippen LogP contribution is 2.25. The van der Waals surface area contributed by atoms with E-state index in [-0.39, 0.29) is 5.54 Å². The lowest BCUT2D eigenvalue weighted by atomic mass is 10.0. The van der Waals surface area contributed by atoms with E-state index in [1.54, 1.807) is 0 Å².